The number of hydrogen-bond donors (Lipinski definition) is 2. The number of benzene rings is 2. The Hall–Kier alpha value is -2.02. The molecule has 0 aliphatic heterocycles. The van der Waals surface area contributed by atoms with Crippen LogP contribution in [0.5, 0.6) is 0 Å². The molecule has 0 spiro atoms. The standard InChI is InChI=1S/C21H20ClN5.2ClH.V/c1-15(24-26-18-9-5-3-6-10-18)20-13-17(22)14-21(23-20)16(2)25-27-19-11-7-4-8-12-19;;;/h3-14,26-27H,1-2H3;2*1H;/q;;;+2/p-2. The monoisotopic (exact) mass is 498 g/mol. The number of para-hydroxylation sites is 2. The molecule has 0 bridgehead atoms. The molecule has 0 amide bonds. The summed E-state index contributed by atoms with van der Waals surface area (Å²) in [6, 6.07) is 23.0. The van der Waals surface area contributed by atoms with Gasteiger partial charge >= 0.3 is 18.6 Å². The summed E-state index contributed by atoms with van der Waals surface area (Å²) >= 11 is 6.28. The van der Waals surface area contributed by atoms with E-state index in [0.717, 1.165) is 22.8 Å². The zero-order valence-electron chi connectivity index (χ0n) is 16.4. The zero-order valence-corrected chi connectivity index (χ0v) is 20.0. The predicted molar refractivity (Wildman–Crippen MR) is 114 cm³/mol. The van der Waals surface area contributed by atoms with Crippen LogP contribution in [0.25, 0.3) is 0 Å². The summed E-state index contributed by atoms with van der Waals surface area (Å²) in [4.78, 5) is 4.63. The molecular formula is C21H20Cl3N5V. The Balaban J connectivity index is 0.00000280. The van der Waals surface area contributed by atoms with Crippen molar-refractivity contribution in [2.45, 2.75) is 13.8 Å². The van der Waals surface area contributed by atoms with Gasteiger partial charge in [0.1, 0.15) is 0 Å². The van der Waals surface area contributed by atoms with Crippen molar-refractivity contribution in [2.75, 3.05) is 10.9 Å². The van der Waals surface area contributed by atoms with E-state index in [1.165, 1.54) is 0 Å². The molecule has 1 radical (unpaired) electrons. The fraction of sp³-hybridized carbons (Fsp3) is 0.0952. The van der Waals surface area contributed by atoms with Gasteiger partial charge in [-0.3, -0.25) is 10.9 Å². The summed E-state index contributed by atoms with van der Waals surface area (Å²) in [6.07, 6.45) is 0. The first kappa shape index (κ1) is 28.0. The molecular weight excluding hydrogens is 480 g/mol. The molecule has 1 heterocycles. The molecule has 0 aliphatic rings. The van der Waals surface area contributed by atoms with Gasteiger partial charge in [-0.1, -0.05) is 48.0 Å². The van der Waals surface area contributed by atoms with Gasteiger partial charge in [-0.05, 0) is 50.2 Å². The van der Waals surface area contributed by atoms with Crippen molar-refractivity contribution in [3.05, 3.63) is 89.2 Å². The molecule has 0 saturated carbocycles. The van der Waals surface area contributed by atoms with Crippen LogP contribution in [0.1, 0.15) is 25.2 Å². The number of rotatable bonds is 6. The van der Waals surface area contributed by atoms with E-state index in [4.69, 9.17) is 11.6 Å². The van der Waals surface area contributed by atoms with E-state index >= 15 is 0 Å². The second-order valence-corrected chi connectivity index (χ2v) is 6.34. The third-order valence-electron chi connectivity index (χ3n) is 3.78. The van der Waals surface area contributed by atoms with Crippen LogP contribution >= 0.6 is 11.6 Å². The number of pyridine rings is 1. The van der Waals surface area contributed by atoms with Crippen molar-refractivity contribution < 1.29 is 43.4 Å². The second kappa shape index (κ2) is 14.1. The van der Waals surface area contributed by atoms with Crippen molar-refractivity contribution in [3.63, 3.8) is 0 Å². The molecule has 0 fully saturated rings. The molecule has 155 valence electrons. The number of nitrogens with zero attached hydrogens (tertiary/aromatic N) is 3. The van der Waals surface area contributed by atoms with Crippen LogP contribution in [-0.2, 0) is 18.6 Å². The van der Waals surface area contributed by atoms with Gasteiger partial charge in [0.15, 0.2) is 0 Å². The van der Waals surface area contributed by atoms with Crippen molar-refractivity contribution in [1.29, 1.82) is 0 Å². The molecule has 1 aromatic heterocycles. The summed E-state index contributed by atoms with van der Waals surface area (Å²) in [7, 11) is 0. The Kier molecular flexibility index (Phi) is 13.1. The van der Waals surface area contributed by atoms with E-state index in [-0.39, 0.29) is 43.4 Å². The molecule has 5 nitrogen and oxygen atoms in total. The molecule has 30 heavy (non-hydrogen) atoms. The molecule has 9 heteroatoms. The van der Waals surface area contributed by atoms with Crippen molar-refractivity contribution in [2.24, 2.45) is 10.2 Å². The van der Waals surface area contributed by atoms with Crippen LogP contribution in [0.15, 0.2) is 83.0 Å². The van der Waals surface area contributed by atoms with E-state index in [9.17, 15) is 0 Å². The summed E-state index contributed by atoms with van der Waals surface area (Å²) in [6.45, 7) is 3.76. The van der Waals surface area contributed by atoms with E-state index in [1.54, 1.807) is 12.1 Å². The Morgan fingerprint density at radius 2 is 1.10 bits per heavy atom. The minimum absolute atomic E-state index is 0. The Labute approximate surface area is 206 Å². The molecule has 0 saturated heterocycles. The van der Waals surface area contributed by atoms with E-state index in [0.29, 0.717) is 16.4 Å². The number of hydrazone groups is 2. The normalized spacial score (nSPS) is 10.8. The molecule has 2 aromatic carbocycles. The van der Waals surface area contributed by atoms with Gasteiger partial charge in [0.2, 0.25) is 0 Å². The molecule has 2 N–H and O–H groups in total. The van der Waals surface area contributed by atoms with Gasteiger partial charge in [0, 0.05) is 5.02 Å². The van der Waals surface area contributed by atoms with Crippen LogP contribution in [0.3, 0.4) is 0 Å². The Bertz CT molecular complexity index is 891. The number of hydrogen-bond acceptors (Lipinski definition) is 5. The first-order valence-electron chi connectivity index (χ1n) is 8.51. The minimum atomic E-state index is 0. The van der Waals surface area contributed by atoms with Gasteiger partial charge in [0.25, 0.3) is 0 Å². The van der Waals surface area contributed by atoms with Crippen LogP contribution < -0.4 is 35.7 Å². The fourth-order valence-electron chi connectivity index (χ4n) is 2.30. The van der Waals surface area contributed by atoms with Crippen molar-refractivity contribution in [1.82, 2.24) is 4.98 Å². The maximum atomic E-state index is 6.28. The maximum absolute atomic E-state index is 6.28. The van der Waals surface area contributed by atoms with Crippen molar-refractivity contribution >= 4 is 34.4 Å². The quantitative estimate of drug-likeness (QED) is 0.352. The third kappa shape index (κ3) is 8.38. The first-order chi connectivity index (χ1) is 13.1. The topological polar surface area (TPSA) is 61.7 Å². The summed E-state index contributed by atoms with van der Waals surface area (Å²) in [5.41, 5.74) is 10.7. The number of nitrogens with one attached hydrogen (secondary N) is 2. The van der Waals surface area contributed by atoms with E-state index in [2.05, 4.69) is 26.0 Å². The SMILES string of the molecule is CC(=NNc1ccccc1)c1cc(Cl)cc(C(C)=NNc2ccccc2)n1.[Cl-].[Cl-].[V+2]. The first-order valence-corrected chi connectivity index (χ1v) is 8.88. The van der Waals surface area contributed by atoms with Gasteiger partial charge in [-0.25, -0.2) is 4.98 Å². The smallest absolute Gasteiger partial charge is 1.00 e. The van der Waals surface area contributed by atoms with Gasteiger partial charge in [-0.2, -0.15) is 10.2 Å². The molecule has 0 aliphatic carbocycles. The third-order valence-corrected chi connectivity index (χ3v) is 4.00. The summed E-state index contributed by atoms with van der Waals surface area (Å²) < 4.78 is 0. The van der Waals surface area contributed by atoms with Crippen LogP contribution in [0.4, 0.5) is 11.4 Å². The Morgan fingerprint density at radius 3 is 1.47 bits per heavy atom. The second-order valence-electron chi connectivity index (χ2n) is 5.91. The van der Waals surface area contributed by atoms with Gasteiger partial charge < -0.3 is 24.8 Å². The summed E-state index contributed by atoms with van der Waals surface area (Å²) in [5, 5.41) is 9.36. The predicted octanol–water partition coefficient (Wildman–Crippen LogP) is -0.587. The van der Waals surface area contributed by atoms with Gasteiger partial charge in [0.05, 0.1) is 34.2 Å². The fourth-order valence-corrected chi connectivity index (χ4v) is 2.51. The van der Waals surface area contributed by atoms with Gasteiger partial charge in [-0.15, -0.1) is 0 Å². The van der Waals surface area contributed by atoms with E-state index in [1.807, 2.05) is 74.5 Å². The Morgan fingerprint density at radius 1 is 0.733 bits per heavy atom. The minimum Gasteiger partial charge on any atom is -1.00 e. The number of halogens is 3. The van der Waals surface area contributed by atoms with Crippen LogP contribution in [0, 0.1) is 0 Å². The number of aromatic nitrogens is 1. The van der Waals surface area contributed by atoms with Crippen LogP contribution in [-0.4, -0.2) is 16.4 Å². The average Bonchev–Trinajstić information content (AvgIpc) is 2.71. The molecule has 0 atom stereocenters. The number of anilines is 2. The van der Waals surface area contributed by atoms with Crippen LogP contribution in [0.2, 0.25) is 5.02 Å². The summed E-state index contributed by atoms with van der Waals surface area (Å²) in [5.74, 6) is 0. The van der Waals surface area contributed by atoms with E-state index < -0.39 is 0 Å². The zero-order chi connectivity index (χ0) is 19.1. The molecule has 0 unspecified atom stereocenters. The molecule has 3 rings (SSSR count). The molecule has 3 aromatic rings. The maximum Gasteiger partial charge on any atom is 2.00 e. The largest absolute Gasteiger partial charge is 2.00 e. The van der Waals surface area contributed by atoms with Crippen molar-refractivity contribution in [3.8, 4) is 0 Å². The average molecular weight is 500 g/mol.